The number of amides is 1. The number of likely N-dealkylation sites (tertiary alicyclic amines) is 2. The minimum Gasteiger partial charge on any atom is -0.507 e. The first-order valence-electron chi connectivity index (χ1n) is 10.0. The molecular formula is C20H31N5O2. The number of carbonyl (C=O) groups excluding carboxylic acids is 1. The number of carbonyl (C=O) groups is 1. The third-order valence-electron chi connectivity index (χ3n) is 5.26. The molecule has 148 valence electrons. The molecule has 1 amide bonds. The van der Waals surface area contributed by atoms with Crippen molar-refractivity contribution in [3.8, 4) is 5.75 Å². The van der Waals surface area contributed by atoms with E-state index >= 15 is 0 Å². The molecule has 2 fully saturated rings. The van der Waals surface area contributed by atoms with Gasteiger partial charge in [0, 0.05) is 32.2 Å². The number of para-hydroxylation sites is 1. The van der Waals surface area contributed by atoms with Gasteiger partial charge in [0.15, 0.2) is 5.96 Å². The summed E-state index contributed by atoms with van der Waals surface area (Å²) < 4.78 is 0. The highest BCUT2D eigenvalue weighted by Crippen LogP contribution is 2.20. The molecule has 0 saturated carbocycles. The van der Waals surface area contributed by atoms with Crippen molar-refractivity contribution < 1.29 is 9.90 Å². The first kappa shape index (κ1) is 19.5. The van der Waals surface area contributed by atoms with E-state index in [1.807, 2.05) is 0 Å². The minimum absolute atomic E-state index is 0.00291. The summed E-state index contributed by atoms with van der Waals surface area (Å²) in [6.45, 7) is 8.35. The number of rotatable bonds is 6. The van der Waals surface area contributed by atoms with Crippen LogP contribution in [0.15, 0.2) is 29.3 Å². The van der Waals surface area contributed by atoms with Gasteiger partial charge in [0.25, 0.3) is 5.91 Å². The second-order valence-electron chi connectivity index (χ2n) is 7.14. The molecule has 0 spiro atoms. The van der Waals surface area contributed by atoms with Crippen LogP contribution in [0, 0.1) is 0 Å². The summed E-state index contributed by atoms with van der Waals surface area (Å²) in [5, 5.41) is 15.9. The van der Waals surface area contributed by atoms with Gasteiger partial charge >= 0.3 is 0 Å². The summed E-state index contributed by atoms with van der Waals surface area (Å²) in [6.07, 6.45) is 3.83. The Morgan fingerprint density at radius 1 is 1.22 bits per heavy atom. The molecule has 2 aliphatic rings. The maximum Gasteiger partial charge on any atom is 0.255 e. The number of nitrogens with one attached hydrogen (secondary N) is 2. The van der Waals surface area contributed by atoms with Gasteiger partial charge in [-0.25, -0.2) is 0 Å². The number of phenolic OH excluding ortho intramolecular Hbond substituents is 1. The van der Waals surface area contributed by atoms with Crippen LogP contribution < -0.4 is 10.6 Å². The normalized spacial score (nSPS) is 20.9. The molecule has 0 radical (unpaired) electrons. The maximum absolute atomic E-state index is 12.1. The molecule has 3 N–H and O–H groups in total. The predicted octanol–water partition coefficient (Wildman–Crippen LogP) is 1.26. The fraction of sp³-hybridized carbons (Fsp3) is 0.600. The lowest BCUT2D eigenvalue weighted by molar-refractivity contribution is 0.0952. The van der Waals surface area contributed by atoms with Crippen molar-refractivity contribution in [3.63, 3.8) is 0 Å². The molecule has 27 heavy (non-hydrogen) atoms. The third kappa shape index (κ3) is 5.13. The van der Waals surface area contributed by atoms with Crippen LogP contribution in [0.3, 0.4) is 0 Å². The molecule has 2 aliphatic heterocycles. The SMILES string of the molecule is CCNC(=NCCNC(=O)c1ccccc1O)N1CCC(N2CCCC2)C1. The summed E-state index contributed by atoms with van der Waals surface area (Å²) in [5.41, 5.74) is 0.293. The van der Waals surface area contributed by atoms with Gasteiger partial charge in [-0.2, -0.15) is 0 Å². The molecule has 1 aromatic carbocycles. The lowest BCUT2D eigenvalue weighted by Gasteiger charge is -2.25. The first-order valence-corrected chi connectivity index (χ1v) is 10.0. The van der Waals surface area contributed by atoms with Crippen molar-refractivity contribution in [2.24, 2.45) is 4.99 Å². The van der Waals surface area contributed by atoms with E-state index in [-0.39, 0.29) is 11.7 Å². The predicted molar refractivity (Wildman–Crippen MR) is 107 cm³/mol. The zero-order chi connectivity index (χ0) is 19.1. The Morgan fingerprint density at radius 2 is 2.00 bits per heavy atom. The molecule has 1 unspecified atom stereocenters. The Balaban J connectivity index is 1.49. The molecule has 7 heteroatoms. The minimum atomic E-state index is -0.274. The van der Waals surface area contributed by atoms with Crippen molar-refractivity contribution in [3.05, 3.63) is 29.8 Å². The Labute approximate surface area is 161 Å². The van der Waals surface area contributed by atoms with E-state index in [1.165, 1.54) is 38.4 Å². The van der Waals surface area contributed by atoms with E-state index in [2.05, 4.69) is 32.3 Å². The van der Waals surface area contributed by atoms with Gasteiger partial charge in [-0.15, -0.1) is 0 Å². The van der Waals surface area contributed by atoms with E-state index in [0.29, 0.717) is 24.7 Å². The summed E-state index contributed by atoms with van der Waals surface area (Å²) in [7, 11) is 0. The van der Waals surface area contributed by atoms with Gasteiger partial charge in [0.2, 0.25) is 0 Å². The van der Waals surface area contributed by atoms with Crippen LogP contribution in [0.25, 0.3) is 0 Å². The zero-order valence-corrected chi connectivity index (χ0v) is 16.2. The third-order valence-corrected chi connectivity index (χ3v) is 5.26. The van der Waals surface area contributed by atoms with Crippen molar-refractivity contribution in [1.82, 2.24) is 20.4 Å². The highest BCUT2D eigenvalue weighted by Gasteiger charge is 2.30. The lowest BCUT2D eigenvalue weighted by Crippen LogP contribution is -2.43. The Morgan fingerprint density at radius 3 is 2.74 bits per heavy atom. The quantitative estimate of drug-likeness (QED) is 0.397. The highest BCUT2D eigenvalue weighted by atomic mass is 16.3. The number of guanidine groups is 1. The topological polar surface area (TPSA) is 80.2 Å². The van der Waals surface area contributed by atoms with Gasteiger partial charge in [-0.1, -0.05) is 12.1 Å². The molecule has 0 aromatic heterocycles. The average molecular weight is 374 g/mol. The second-order valence-corrected chi connectivity index (χ2v) is 7.14. The Kier molecular flexibility index (Phi) is 6.92. The number of nitrogens with zero attached hydrogens (tertiary/aromatic N) is 3. The van der Waals surface area contributed by atoms with Crippen molar-refractivity contribution in [2.75, 3.05) is 45.8 Å². The van der Waals surface area contributed by atoms with Crippen molar-refractivity contribution in [2.45, 2.75) is 32.2 Å². The molecule has 3 rings (SSSR count). The van der Waals surface area contributed by atoms with Crippen LogP contribution >= 0.6 is 0 Å². The van der Waals surface area contributed by atoms with Crippen LogP contribution in [-0.2, 0) is 0 Å². The van der Waals surface area contributed by atoms with E-state index in [0.717, 1.165) is 25.6 Å². The molecule has 1 atom stereocenters. The number of aromatic hydroxyl groups is 1. The van der Waals surface area contributed by atoms with E-state index < -0.39 is 0 Å². The molecule has 0 bridgehead atoms. The van der Waals surface area contributed by atoms with Gasteiger partial charge in [0.1, 0.15) is 5.75 Å². The van der Waals surface area contributed by atoms with Gasteiger partial charge < -0.3 is 20.6 Å². The smallest absolute Gasteiger partial charge is 0.255 e. The van der Waals surface area contributed by atoms with Gasteiger partial charge in [0.05, 0.1) is 12.1 Å². The highest BCUT2D eigenvalue weighted by molar-refractivity contribution is 5.96. The molecule has 2 saturated heterocycles. The molecule has 1 aromatic rings. The second kappa shape index (κ2) is 9.60. The monoisotopic (exact) mass is 373 g/mol. The number of phenols is 1. The van der Waals surface area contributed by atoms with Gasteiger partial charge in [-0.05, 0) is 51.4 Å². The maximum atomic E-state index is 12.1. The van der Waals surface area contributed by atoms with Crippen LogP contribution in [0.1, 0.15) is 36.5 Å². The lowest BCUT2D eigenvalue weighted by atomic mass is 10.2. The Hall–Kier alpha value is -2.28. The van der Waals surface area contributed by atoms with Crippen LogP contribution in [0.5, 0.6) is 5.75 Å². The number of hydrogen-bond donors (Lipinski definition) is 3. The van der Waals surface area contributed by atoms with Crippen molar-refractivity contribution >= 4 is 11.9 Å². The fourth-order valence-corrected chi connectivity index (χ4v) is 3.86. The van der Waals surface area contributed by atoms with E-state index in [1.54, 1.807) is 18.2 Å². The molecular weight excluding hydrogens is 342 g/mol. The van der Waals surface area contributed by atoms with Crippen LogP contribution in [0.2, 0.25) is 0 Å². The fourth-order valence-electron chi connectivity index (χ4n) is 3.86. The number of hydrogen-bond acceptors (Lipinski definition) is 4. The van der Waals surface area contributed by atoms with Crippen molar-refractivity contribution in [1.29, 1.82) is 0 Å². The number of aliphatic imine (C=N–C) groups is 1. The standard InChI is InChI=1S/C20H31N5O2/c1-2-21-20(25-14-9-16(15-25)24-12-5-6-13-24)23-11-10-22-19(27)17-7-3-4-8-18(17)26/h3-4,7-8,16,26H,2,5-6,9-15H2,1H3,(H,21,23)(H,22,27). The summed E-state index contributed by atoms with van der Waals surface area (Å²) >= 11 is 0. The summed E-state index contributed by atoms with van der Waals surface area (Å²) in [4.78, 5) is 21.7. The summed E-state index contributed by atoms with van der Waals surface area (Å²) in [6, 6.07) is 7.20. The zero-order valence-electron chi connectivity index (χ0n) is 16.2. The number of benzene rings is 1. The van der Waals surface area contributed by atoms with E-state index in [9.17, 15) is 9.90 Å². The van der Waals surface area contributed by atoms with Crippen LogP contribution in [-0.4, -0.2) is 78.6 Å². The largest absolute Gasteiger partial charge is 0.507 e. The molecule has 2 heterocycles. The Bertz CT molecular complexity index is 658. The van der Waals surface area contributed by atoms with Crippen LogP contribution in [0.4, 0.5) is 0 Å². The molecule has 7 nitrogen and oxygen atoms in total. The molecule has 0 aliphatic carbocycles. The van der Waals surface area contributed by atoms with Gasteiger partial charge in [-0.3, -0.25) is 14.7 Å². The first-order chi connectivity index (χ1) is 13.2. The summed E-state index contributed by atoms with van der Waals surface area (Å²) in [5.74, 6) is 0.649. The average Bonchev–Trinajstić information content (AvgIpc) is 3.36. The van der Waals surface area contributed by atoms with E-state index in [4.69, 9.17) is 0 Å².